The molecule has 0 unspecified atom stereocenters. The third kappa shape index (κ3) is 2.32. The Morgan fingerprint density at radius 3 is 2.91 bits per heavy atom. The van der Waals surface area contributed by atoms with E-state index in [-0.39, 0.29) is 10.9 Å². The monoisotopic (exact) mass is 192 g/mol. The van der Waals surface area contributed by atoms with Crippen LogP contribution in [-0.2, 0) is 0 Å². The highest BCUT2D eigenvalue weighted by Crippen LogP contribution is 2.19. The van der Waals surface area contributed by atoms with Gasteiger partial charge >= 0.3 is 5.43 Å². The van der Waals surface area contributed by atoms with Crippen molar-refractivity contribution >= 4 is 28.6 Å². The van der Waals surface area contributed by atoms with E-state index in [4.69, 9.17) is 23.2 Å². The molecule has 0 aliphatic carbocycles. The first kappa shape index (κ1) is 8.23. The lowest BCUT2D eigenvalue weighted by molar-refractivity contribution is 0.225. The molecule has 0 bridgehead atoms. The first-order chi connectivity index (χ1) is 5.20. The van der Waals surface area contributed by atoms with Crippen molar-refractivity contribution in [1.29, 1.82) is 0 Å². The maximum absolute atomic E-state index is 10.2. The van der Waals surface area contributed by atoms with Gasteiger partial charge in [0.15, 0.2) is 10.9 Å². The Morgan fingerprint density at radius 2 is 2.36 bits per heavy atom. The van der Waals surface area contributed by atoms with Crippen molar-refractivity contribution in [1.82, 2.24) is 10.2 Å². The Morgan fingerprint density at radius 1 is 1.64 bits per heavy atom. The number of rotatable bonds is 1. The minimum Gasteiger partial charge on any atom is -0.411 e. The van der Waals surface area contributed by atoms with Gasteiger partial charge in [0.25, 0.3) is 0 Å². The van der Waals surface area contributed by atoms with Crippen LogP contribution in [0.25, 0.3) is 0 Å². The van der Waals surface area contributed by atoms with Crippen LogP contribution in [0.3, 0.4) is 0 Å². The zero-order valence-electron chi connectivity index (χ0n) is 5.12. The highest BCUT2D eigenvalue weighted by Gasteiger charge is 2.05. The Hall–Kier alpha value is -0.870. The fourth-order valence-electron chi connectivity index (χ4n) is 0.466. The number of ether oxygens (including phenoxy) is 1. The minimum absolute atomic E-state index is 0.00139. The molecule has 0 N–H and O–H groups in total. The molecule has 0 aliphatic heterocycles. The molecule has 0 saturated carbocycles. The summed E-state index contributed by atoms with van der Waals surface area (Å²) in [6, 6.07) is 1.38. The van der Waals surface area contributed by atoms with Crippen molar-refractivity contribution in [2.75, 3.05) is 0 Å². The topological polar surface area (TPSA) is 52.1 Å². The number of carbonyl (C=O) groups is 1. The first-order valence-corrected chi connectivity index (χ1v) is 3.30. The summed E-state index contributed by atoms with van der Waals surface area (Å²) < 4.78 is 4.44. The molecule has 1 aromatic rings. The third-order valence-electron chi connectivity index (χ3n) is 0.832. The third-order valence-corrected chi connectivity index (χ3v) is 1.17. The van der Waals surface area contributed by atoms with Crippen molar-refractivity contribution in [3.8, 4) is 5.75 Å². The van der Waals surface area contributed by atoms with E-state index >= 15 is 0 Å². The van der Waals surface area contributed by atoms with E-state index in [1.54, 1.807) is 0 Å². The number of hydrogen-bond acceptors (Lipinski definition) is 4. The van der Waals surface area contributed by atoms with Crippen molar-refractivity contribution in [2.45, 2.75) is 0 Å². The molecular formula is C5H2Cl2N2O2. The summed E-state index contributed by atoms with van der Waals surface area (Å²) in [6.45, 7) is 0. The zero-order chi connectivity index (χ0) is 8.27. The van der Waals surface area contributed by atoms with Gasteiger partial charge in [-0.25, -0.2) is 4.79 Å². The smallest absolute Gasteiger partial charge is 0.409 e. The van der Waals surface area contributed by atoms with Crippen LogP contribution in [0.5, 0.6) is 5.75 Å². The van der Waals surface area contributed by atoms with Crippen LogP contribution in [0, 0.1) is 0 Å². The summed E-state index contributed by atoms with van der Waals surface area (Å²) in [6.07, 6.45) is 1.33. The predicted molar refractivity (Wildman–Crippen MR) is 38.9 cm³/mol. The Balaban J connectivity index is 2.86. The molecule has 0 saturated heterocycles. The van der Waals surface area contributed by atoms with E-state index in [9.17, 15) is 4.79 Å². The van der Waals surface area contributed by atoms with Crippen molar-refractivity contribution in [2.24, 2.45) is 0 Å². The molecule has 1 aromatic heterocycles. The molecule has 0 amide bonds. The van der Waals surface area contributed by atoms with Crippen LogP contribution in [-0.4, -0.2) is 15.6 Å². The second-order valence-electron chi connectivity index (χ2n) is 1.53. The largest absolute Gasteiger partial charge is 0.411 e. The van der Waals surface area contributed by atoms with Crippen LogP contribution in [0.1, 0.15) is 0 Å². The molecule has 1 rings (SSSR count). The average molecular weight is 193 g/mol. The number of aromatic nitrogens is 2. The van der Waals surface area contributed by atoms with Gasteiger partial charge in [0.1, 0.15) is 0 Å². The molecule has 11 heavy (non-hydrogen) atoms. The number of hydrogen-bond donors (Lipinski definition) is 0. The summed E-state index contributed by atoms with van der Waals surface area (Å²) in [5.74, 6) is 0.0988. The summed E-state index contributed by atoms with van der Waals surface area (Å²) in [4.78, 5) is 10.2. The van der Waals surface area contributed by atoms with E-state index in [2.05, 4.69) is 14.9 Å². The van der Waals surface area contributed by atoms with Crippen molar-refractivity contribution in [3.05, 3.63) is 17.4 Å². The second kappa shape index (κ2) is 3.50. The summed E-state index contributed by atoms with van der Waals surface area (Å²) in [5.41, 5.74) is -0.958. The second-order valence-corrected chi connectivity index (χ2v) is 2.19. The lowest BCUT2D eigenvalue weighted by atomic mass is 10.5. The highest BCUT2D eigenvalue weighted by molar-refractivity contribution is 6.61. The van der Waals surface area contributed by atoms with Gasteiger partial charge in [0, 0.05) is 17.7 Å². The molecule has 0 spiro atoms. The molecule has 0 aromatic carbocycles. The first-order valence-electron chi connectivity index (χ1n) is 2.54. The molecule has 58 valence electrons. The van der Waals surface area contributed by atoms with Gasteiger partial charge < -0.3 is 4.74 Å². The normalized spacial score (nSPS) is 9.27. The predicted octanol–water partition coefficient (Wildman–Crippen LogP) is 1.87. The molecule has 1 heterocycles. The zero-order valence-corrected chi connectivity index (χ0v) is 6.63. The molecule has 0 aliphatic rings. The number of carbonyl (C=O) groups excluding carboxylic acids is 1. The van der Waals surface area contributed by atoms with Gasteiger partial charge in [0.2, 0.25) is 0 Å². The van der Waals surface area contributed by atoms with Crippen molar-refractivity contribution in [3.63, 3.8) is 0 Å². The standard InChI is InChI=1S/C5H2Cl2N2O2/c6-4-3(11-5(7)10)1-2-8-9-4/h1-2H. The maximum atomic E-state index is 10.2. The quantitative estimate of drug-likeness (QED) is 0.638. The average Bonchev–Trinajstić information content (AvgIpc) is 1.93. The lowest BCUT2D eigenvalue weighted by Crippen LogP contribution is -1.97. The summed E-state index contributed by atoms with van der Waals surface area (Å²) in [7, 11) is 0. The fourth-order valence-corrected chi connectivity index (χ4v) is 0.694. The molecular weight excluding hydrogens is 191 g/mol. The van der Waals surface area contributed by atoms with Gasteiger partial charge in [-0.3, -0.25) is 0 Å². The van der Waals surface area contributed by atoms with Gasteiger partial charge in [-0.1, -0.05) is 11.6 Å². The van der Waals surface area contributed by atoms with Crippen LogP contribution in [0.2, 0.25) is 5.15 Å². The van der Waals surface area contributed by atoms with E-state index in [0.29, 0.717) is 0 Å². The van der Waals surface area contributed by atoms with E-state index in [1.807, 2.05) is 0 Å². The van der Waals surface area contributed by atoms with Gasteiger partial charge in [-0.15, -0.1) is 5.10 Å². The van der Waals surface area contributed by atoms with E-state index < -0.39 is 5.43 Å². The van der Waals surface area contributed by atoms with Crippen LogP contribution >= 0.6 is 23.2 Å². The molecule has 6 heteroatoms. The highest BCUT2D eigenvalue weighted by atomic mass is 35.5. The molecule has 0 fully saturated rings. The summed E-state index contributed by atoms with van der Waals surface area (Å²) in [5, 5.41) is 6.85. The SMILES string of the molecule is O=C(Cl)Oc1ccnnc1Cl. The number of halogens is 2. The molecule has 0 atom stereocenters. The Labute approximate surface area is 72.1 Å². The van der Waals surface area contributed by atoms with Gasteiger partial charge in [-0.2, -0.15) is 5.10 Å². The van der Waals surface area contributed by atoms with Crippen LogP contribution in [0.15, 0.2) is 12.3 Å². The van der Waals surface area contributed by atoms with Crippen LogP contribution < -0.4 is 4.74 Å². The lowest BCUT2D eigenvalue weighted by Gasteiger charge is -1.97. The minimum atomic E-state index is -0.958. The summed E-state index contributed by atoms with van der Waals surface area (Å²) >= 11 is 10.4. The molecule has 4 nitrogen and oxygen atoms in total. The Kier molecular flexibility index (Phi) is 2.62. The fraction of sp³-hybridized carbons (Fsp3) is 0. The maximum Gasteiger partial charge on any atom is 0.409 e. The molecule has 0 radical (unpaired) electrons. The van der Waals surface area contributed by atoms with E-state index in [0.717, 1.165) is 0 Å². The Bertz CT molecular complexity index is 279. The van der Waals surface area contributed by atoms with Crippen molar-refractivity contribution < 1.29 is 9.53 Å². The van der Waals surface area contributed by atoms with Crippen LogP contribution in [0.4, 0.5) is 4.79 Å². The number of nitrogens with zero attached hydrogens (tertiary/aromatic N) is 2. The van der Waals surface area contributed by atoms with E-state index in [1.165, 1.54) is 12.3 Å². The van der Waals surface area contributed by atoms with Gasteiger partial charge in [0.05, 0.1) is 6.20 Å². The van der Waals surface area contributed by atoms with Gasteiger partial charge in [-0.05, 0) is 0 Å².